The van der Waals surface area contributed by atoms with E-state index < -0.39 is 5.97 Å². The third-order valence-corrected chi connectivity index (χ3v) is 3.86. The molecule has 0 bridgehead atoms. The number of rotatable bonds is 6. The molecule has 3 N–H and O–H groups in total. The summed E-state index contributed by atoms with van der Waals surface area (Å²) in [6.07, 6.45) is 0. The smallest absolute Gasteiger partial charge is 0.337 e. The lowest BCUT2D eigenvalue weighted by molar-refractivity contribution is -0.113. The molecule has 0 atom stereocenters. The normalized spacial score (nSPS) is 10.2. The van der Waals surface area contributed by atoms with Crippen molar-refractivity contribution >= 4 is 29.3 Å². The fraction of sp³-hybridized carbons (Fsp3) is 0.125. The topological polar surface area (TPSA) is 86.6 Å². The van der Waals surface area contributed by atoms with Crippen molar-refractivity contribution in [2.45, 2.75) is 5.75 Å². The van der Waals surface area contributed by atoms with Gasteiger partial charge in [-0.15, -0.1) is 11.8 Å². The number of benzene rings is 2. The minimum atomic E-state index is -1.21. The van der Waals surface area contributed by atoms with Crippen LogP contribution in [0, 0.1) is 0 Å². The number of aromatic hydroxyl groups is 1. The molecule has 114 valence electrons. The number of carbonyl (C=O) groups excluding carboxylic acids is 1. The Morgan fingerprint density at radius 3 is 2.50 bits per heavy atom. The van der Waals surface area contributed by atoms with Crippen molar-refractivity contribution in [1.29, 1.82) is 0 Å². The highest BCUT2D eigenvalue weighted by atomic mass is 32.2. The summed E-state index contributed by atoms with van der Waals surface area (Å²) in [4.78, 5) is 23.0. The van der Waals surface area contributed by atoms with Gasteiger partial charge in [0.2, 0.25) is 5.91 Å². The van der Waals surface area contributed by atoms with Crippen molar-refractivity contribution in [1.82, 2.24) is 0 Å². The van der Waals surface area contributed by atoms with E-state index in [-0.39, 0.29) is 28.7 Å². The molecule has 0 fully saturated rings. The van der Waals surface area contributed by atoms with Gasteiger partial charge in [-0.1, -0.05) is 30.3 Å². The first-order valence-corrected chi connectivity index (χ1v) is 7.69. The van der Waals surface area contributed by atoms with Gasteiger partial charge in [-0.25, -0.2) is 4.79 Å². The predicted molar refractivity (Wildman–Crippen MR) is 86.3 cm³/mol. The Morgan fingerprint density at radius 2 is 1.82 bits per heavy atom. The van der Waals surface area contributed by atoms with Crippen molar-refractivity contribution in [2.75, 3.05) is 11.1 Å². The lowest BCUT2D eigenvalue weighted by atomic mass is 10.1. The van der Waals surface area contributed by atoms with E-state index in [1.807, 2.05) is 30.3 Å². The molecule has 22 heavy (non-hydrogen) atoms. The Balaban J connectivity index is 1.91. The van der Waals surface area contributed by atoms with Crippen molar-refractivity contribution in [3.8, 4) is 5.75 Å². The van der Waals surface area contributed by atoms with Crippen LogP contribution in [0.15, 0.2) is 48.5 Å². The molecule has 6 heteroatoms. The molecule has 5 nitrogen and oxygen atoms in total. The van der Waals surface area contributed by atoms with Crippen LogP contribution in [0.4, 0.5) is 5.69 Å². The average Bonchev–Trinajstić information content (AvgIpc) is 2.50. The van der Waals surface area contributed by atoms with E-state index in [4.69, 9.17) is 5.11 Å². The van der Waals surface area contributed by atoms with Crippen LogP contribution in [0.25, 0.3) is 0 Å². The van der Waals surface area contributed by atoms with E-state index in [0.29, 0.717) is 5.75 Å². The fourth-order valence-electron chi connectivity index (χ4n) is 1.84. The second-order valence-corrected chi connectivity index (χ2v) is 5.55. The number of nitrogens with one attached hydrogen (secondary N) is 1. The van der Waals surface area contributed by atoms with Gasteiger partial charge in [0, 0.05) is 5.75 Å². The molecule has 0 aromatic heterocycles. The number of carbonyl (C=O) groups is 2. The zero-order valence-electron chi connectivity index (χ0n) is 11.7. The first-order valence-electron chi connectivity index (χ1n) is 6.54. The lowest BCUT2D eigenvalue weighted by Gasteiger charge is -2.09. The average molecular weight is 317 g/mol. The minimum absolute atomic E-state index is 0.138. The molecule has 1 amide bonds. The maximum atomic E-state index is 11.9. The summed E-state index contributed by atoms with van der Waals surface area (Å²) in [5, 5.41) is 20.9. The molecule has 2 rings (SSSR count). The van der Waals surface area contributed by atoms with Gasteiger partial charge < -0.3 is 15.5 Å². The molecule has 0 saturated heterocycles. The number of hydrogen-bond donors (Lipinski definition) is 3. The second kappa shape index (κ2) is 7.51. The highest BCUT2D eigenvalue weighted by Gasteiger charge is 2.13. The molecule has 2 aromatic rings. The summed E-state index contributed by atoms with van der Waals surface area (Å²) in [5.74, 6) is -0.726. The van der Waals surface area contributed by atoms with Crippen molar-refractivity contribution < 1.29 is 19.8 Å². The standard InChI is InChI=1S/C16H15NO4S/c18-12-6-7-14(13(8-12)16(20)21)17-15(19)10-22-9-11-4-2-1-3-5-11/h1-8,18H,9-10H2,(H,17,19)(H,20,21). The highest BCUT2D eigenvalue weighted by Crippen LogP contribution is 2.22. The van der Waals surface area contributed by atoms with Crippen LogP contribution in [0.5, 0.6) is 5.75 Å². The number of amides is 1. The summed E-state index contributed by atoms with van der Waals surface area (Å²) in [5.41, 5.74) is 1.16. The lowest BCUT2D eigenvalue weighted by Crippen LogP contribution is -2.16. The van der Waals surface area contributed by atoms with E-state index in [0.717, 1.165) is 11.6 Å². The van der Waals surface area contributed by atoms with Crippen molar-refractivity contribution in [3.63, 3.8) is 0 Å². The van der Waals surface area contributed by atoms with E-state index in [2.05, 4.69) is 5.32 Å². The number of phenols is 1. The molecule has 0 aliphatic rings. The summed E-state index contributed by atoms with van der Waals surface area (Å²) in [6, 6.07) is 13.6. The van der Waals surface area contributed by atoms with Gasteiger partial charge in [-0.3, -0.25) is 4.79 Å². The Hall–Kier alpha value is -2.47. The van der Waals surface area contributed by atoms with Crippen LogP contribution >= 0.6 is 11.8 Å². The van der Waals surface area contributed by atoms with E-state index >= 15 is 0 Å². The fourth-order valence-corrected chi connectivity index (χ4v) is 2.63. The monoisotopic (exact) mass is 317 g/mol. The predicted octanol–water partition coefficient (Wildman–Crippen LogP) is 2.96. The molecule has 0 unspecified atom stereocenters. The molecule has 0 heterocycles. The quantitative estimate of drug-likeness (QED) is 0.713. The molecule has 2 aromatic carbocycles. The van der Waals surface area contributed by atoms with Gasteiger partial charge in [0.25, 0.3) is 0 Å². The Kier molecular flexibility index (Phi) is 5.43. The van der Waals surface area contributed by atoms with Crippen LogP contribution in [0.1, 0.15) is 15.9 Å². The van der Waals surface area contributed by atoms with Crippen molar-refractivity contribution in [3.05, 3.63) is 59.7 Å². The summed E-state index contributed by atoms with van der Waals surface area (Å²) < 4.78 is 0. The summed E-state index contributed by atoms with van der Waals surface area (Å²) >= 11 is 1.44. The number of anilines is 1. The number of carboxylic acids is 1. The van der Waals surface area contributed by atoms with Gasteiger partial charge >= 0.3 is 5.97 Å². The van der Waals surface area contributed by atoms with Gasteiger partial charge in [-0.05, 0) is 23.8 Å². The van der Waals surface area contributed by atoms with E-state index in [1.165, 1.54) is 23.9 Å². The molecule has 0 aliphatic heterocycles. The maximum Gasteiger partial charge on any atom is 0.337 e. The van der Waals surface area contributed by atoms with Gasteiger partial charge in [0.15, 0.2) is 0 Å². The van der Waals surface area contributed by atoms with Gasteiger partial charge in [0.05, 0.1) is 17.0 Å². The first-order chi connectivity index (χ1) is 10.6. The molecular formula is C16H15NO4S. The van der Waals surface area contributed by atoms with Crippen LogP contribution in [-0.2, 0) is 10.5 Å². The molecule has 0 spiro atoms. The molecule has 0 radical (unpaired) electrons. The van der Waals surface area contributed by atoms with Crippen LogP contribution in [0.3, 0.4) is 0 Å². The van der Waals surface area contributed by atoms with Crippen LogP contribution < -0.4 is 5.32 Å². The maximum absolute atomic E-state index is 11.9. The zero-order valence-corrected chi connectivity index (χ0v) is 12.5. The van der Waals surface area contributed by atoms with Crippen LogP contribution in [0.2, 0.25) is 0 Å². The number of thioether (sulfide) groups is 1. The number of carboxylic acid groups (broad SMARTS) is 1. The third-order valence-electron chi connectivity index (χ3n) is 2.85. The summed E-state index contributed by atoms with van der Waals surface area (Å²) in [6.45, 7) is 0. The number of aromatic carboxylic acids is 1. The molecule has 0 saturated carbocycles. The Morgan fingerprint density at radius 1 is 1.09 bits per heavy atom. The minimum Gasteiger partial charge on any atom is -0.508 e. The Labute approximate surface area is 132 Å². The third kappa shape index (κ3) is 4.53. The second-order valence-electron chi connectivity index (χ2n) is 4.56. The zero-order chi connectivity index (χ0) is 15.9. The molecular weight excluding hydrogens is 302 g/mol. The van der Waals surface area contributed by atoms with E-state index in [9.17, 15) is 14.7 Å². The van der Waals surface area contributed by atoms with Gasteiger partial charge in [0.1, 0.15) is 5.75 Å². The SMILES string of the molecule is O=C(CSCc1ccccc1)Nc1ccc(O)cc1C(=O)O. The number of phenolic OH excluding ortho intramolecular Hbond substituents is 1. The van der Waals surface area contributed by atoms with E-state index in [1.54, 1.807) is 0 Å². The molecule has 0 aliphatic carbocycles. The number of hydrogen-bond acceptors (Lipinski definition) is 4. The highest BCUT2D eigenvalue weighted by molar-refractivity contribution is 7.99. The van der Waals surface area contributed by atoms with Crippen molar-refractivity contribution in [2.24, 2.45) is 0 Å². The Bertz CT molecular complexity index is 673. The summed E-state index contributed by atoms with van der Waals surface area (Å²) in [7, 11) is 0. The van der Waals surface area contributed by atoms with Gasteiger partial charge in [-0.2, -0.15) is 0 Å². The van der Waals surface area contributed by atoms with Crippen LogP contribution in [-0.4, -0.2) is 27.8 Å². The first kappa shape index (κ1) is 15.9. The largest absolute Gasteiger partial charge is 0.508 e.